The van der Waals surface area contributed by atoms with Gasteiger partial charge in [0.25, 0.3) is 0 Å². The van der Waals surface area contributed by atoms with E-state index in [1.54, 1.807) is 24.3 Å². The Balaban J connectivity index is 0.000000287. The van der Waals surface area contributed by atoms with Gasteiger partial charge >= 0.3 is 31.3 Å². The van der Waals surface area contributed by atoms with Crippen LogP contribution in [0.1, 0.15) is 0 Å². The van der Waals surface area contributed by atoms with Crippen LogP contribution in [0.25, 0.3) is 21.5 Å². The third-order valence-electron chi connectivity index (χ3n) is 5.00. The van der Waals surface area contributed by atoms with E-state index >= 15 is 0 Å². The molecule has 4 rings (SSSR count). The standard InChI is InChI=1S/C12H4Br2F6O6S2.C10H6Br2O2/c13-7-3-1-5-6(10(7)26-28(23,24)12(18,19)20)2-4-8(14)9(5)25-27(21,22)11(15,16)17;11-7-3-1-5-6(10(7)14)2-4-8(12)9(5)13/h1-4H;1-4,13-14H. The number of alkyl halides is 6. The zero-order valence-corrected chi connectivity index (χ0v) is 27.5. The summed E-state index contributed by atoms with van der Waals surface area (Å²) in [6, 6.07) is 10.7. The number of hydrogen-bond acceptors (Lipinski definition) is 8. The van der Waals surface area contributed by atoms with Crippen molar-refractivity contribution in [2.45, 2.75) is 11.0 Å². The van der Waals surface area contributed by atoms with Crippen molar-refractivity contribution in [1.82, 2.24) is 0 Å². The van der Waals surface area contributed by atoms with E-state index in [-0.39, 0.29) is 20.4 Å². The molecule has 0 spiro atoms. The molecule has 8 nitrogen and oxygen atoms in total. The fourth-order valence-electron chi connectivity index (χ4n) is 3.10. The van der Waals surface area contributed by atoms with E-state index in [1.165, 1.54) is 0 Å². The first-order chi connectivity index (χ1) is 19.1. The number of fused-ring (bicyclic) bond motifs is 2. The highest BCUT2D eigenvalue weighted by Crippen LogP contribution is 2.44. The molecule has 0 saturated heterocycles. The van der Waals surface area contributed by atoms with Gasteiger partial charge in [-0.2, -0.15) is 43.2 Å². The van der Waals surface area contributed by atoms with Crippen molar-refractivity contribution in [1.29, 1.82) is 0 Å². The lowest BCUT2D eigenvalue weighted by molar-refractivity contribution is -0.0505. The van der Waals surface area contributed by atoms with E-state index in [0.717, 1.165) is 24.3 Å². The Morgan fingerprint density at radius 2 is 0.762 bits per heavy atom. The molecule has 0 aliphatic carbocycles. The molecule has 228 valence electrons. The predicted octanol–water partition coefficient (Wildman–Crippen LogP) is 8.60. The summed E-state index contributed by atoms with van der Waals surface area (Å²) in [7, 11) is -12.3. The van der Waals surface area contributed by atoms with Crippen molar-refractivity contribution in [3.8, 4) is 23.0 Å². The van der Waals surface area contributed by atoms with Crippen molar-refractivity contribution in [3.05, 3.63) is 66.4 Å². The summed E-state index contributed by atoms with van der Waals surface area (Å²) >= 11 is 12.0. The Hall–Kier alpha value is -2.00. The molecule has 0 aromatic heterocycles. The summed E-state index contributed by atoms with van der Waals surface area (Å²) in [5, 5.41) is 19.7. The summed E-state index contributed by atoms with van der Waals surface area (Å²) in [5.74, 6) is -1.58. The van der Waals surface area contributed by atoms with Crippen LogP contribution < -0.4 is 8.37 Å². The van der Waals surface area contributed by atoms with Crippen LogP contribution in [0, 0.1) is 0 Å². The molecule has 4 aromatic rings. The second-order valence-electron chi connectivity index (χ2n) is 7.70. The monoisotopic (exact) mass is 896 g/mol. The maximum absolute atomic E-state index is 12.6. The van der Waals surface area contributed by atoms with Crippen LogP contribution in [0.2, 0.25) is 0 Å². The van der Waals surface area contributed by atoms with E-state index in [9.17, 15) is 53.4 Å². The summed E-state index contributed by atoms with van der Waals surface area (Å²) in [4.78, 5) is 0. The molecule has 0 saturated carbocycles. The van der Waals surface area contributed by atoms with Gasteiger partial charge in [-0.1, -0.05) is 0 Å². The number of halogens is 10. The van der Waals surface area contributed by atoms with Crippen LogP contribution in [0.4, 0.5) is 26.3 Å². The van der Waals surface area contributed by atoms with Crippen LogP contribution in [-0.2, 0) is 20.2 Å². The highest BCUT2D eigenvalue weighted by molar-refractivity contribution is 9.11. The van der Waals surface area contributed by atoms with Gasteiger partial charge in [-0.05, 0) is 112 Å². The Labute approximate surface area is 266 Å². The molecule has 0 aliphatic rings. The van der Waals surface area contributed by atoms with Gasteiger partial charge in [-0.3, -0.25) is 0 Å². The van der Waals surface area contributed by atoms with E-state index in [2.05, 4.69) is 72.1 Å². The lowest BCUT2D eigenvalue weighted by atomic mass is 10.1. The molecule has 0 radical (unpaired) electrons. The topological polar surface area (TPSA) is 127 Å². The van der Waals surface area contributed by atoms with Crippen molar-refractivity contribution >= 4 is 106 Å². The normalized spacial score (nSPS) is 12.6. The molecule has 0 amide bonds. The van der Waals surface area contributed by atoms with Crippen molar-refractivity contribution in [2.24, 2.45) is 0 Å². The van der Waals surface area contributed by atoms with Crippen molar-refractivity contribution in [2.75, 3.05) is 0 Å². The number of benzene rings is 4. The molecule has 0 aliphatic heterocycles. The predicted molar refractivity (Wildman–Crippen MR) is 153 cm³/mol. The summed E-state index contributed by atoms with van der Waals surface area (Å²) in [6.07, 6.45) is 0. The van der Waals surface area contributed by atoms with Crippen LogP contribution in [-0.4, -0.2) is 38.1 Å². The van der Waals surface area contributed by atoms with E-state index in [1.807, 2.05) is 0 Å². The molecule has 0 atom stereocenters. The molecule has 2 N–H and O–H groups in total. The fourth-order valence-corrected chi connectivity index (χ4v) is 5.85. The Morgan fingerprint density at radius 3 is 1.05 bits per heavy atom. The van der Waals surface area contributed by atoms with Crippen LogP contribution in [0.3, 0.4) is 0 Å². The maximum Gasteiger partial charge on any atom is 0.534 e. The first kappa shape index (κ1) is 34.5. The highest BCUT2D eigenvalue weighted by Gasteiger charge is 2.50. The van der Waals surface area contributed by atoms with Gasteiger partial charge in [0.15, 0.2) is 11.5 Å². The smallest absolute Gasteiger partial charge is 0.506 e. The molecular weight excluding hydrogens is 890 g/mol. The quantitative estimate of drug-likeness (QED) is 0.119. The van der Waals surface area contributed by atoms with Gasteiger partial charge in [0, 0.05) is 21.5 Å². The van der Waals surface area contributed by atoms with Crippen LogP contribution in [0.15, 0.2) is 66.4 Å². The zero-order valence-electron chi connectivity index (χ0n) is 19.6. The number of hydrogen-bond donors (Lipinski definition) is 2. The largest absolute Gasteiger partial charge is 0.534 e. The second kappa shape index (κ2) is 12.2. The van der Waals surface area contributed by atoms with Gasteiger partial charge in [-0.25, -0.2) is 0 Å². The summed E-state index contributed by atoms with van der Waals surface area (Å²) in [6.45, 7) is 0. The van der Waals surface area contributed by atoms with E-state index in [0.29, 0.717) is 19.7 Å². The minimum atomic E-state index is -6.13. The minimum absolute atomic E-state index is 0.144. The van der Waals surface area contributed by atoms with Gasteiger partial charge < -0.3 is 18.6 Å². The molecule has 42 heavy (non-hydrogen) atoms. The van der Waals surface area contributed by atoms with Crippen LogP contribution >= 0.6 is 63.7 Å². The highest BCUT2D eigenvalue weighted by atomic mass is 79.9. The van der Waals surface area contributed by atoms with Gasteiger partial charge in [-0.15, -0.1) is 0 Å². The number of rotatable bonds is 4. The molecule has 0 unspecified atom stereocenters. The summed E-state index contributed by atoms with van der Waals surface area (Å²) in [5.41, 5.74) is -11.6. The number of phenolic OH excluding ortho intramolecular Hbond substituents is 2. The molecule has 0 heterocycles. The van der Waals surface area contributed by atoms with Crippen LogP contribution in [0.5, 0.6) is 23.0 Å². The Kier molecular flexibility index (Phi) is 10.0. The van der Waals surface area contributed by atoms with E-state index in [4.69, 9.17) is 0 Å². The molecule has 0 fully saturated rings. The maximum atomic E-state index is 12.6. The minimum Gasteiger partial charge on any atom is -0.506 e. The Bertz CT molecular complexity index is 1780. The van der Waals surface area contributed by atoms with Gasteiger partial charge in [0.2, 0.25) is 0 Å². The zero-order chi connectivity index (χ0) is 32.0. The lowest BCUT2D eigenvalue weighted by Crippen LogP contribution is -2.28. The first-order valence-corrected chi connectivity index (χ1v) is 16.3. The van der Waals surface area contributed by atoms with Gasteiger partial charge in [0.1, 0.15) is 11.5 Å². The fraction of sp³-hybridized carbons (Fsp3) is 0.0909. The number of aromatic hydroxyl groups is 2. The number of phenols is 2. The summed E-state index contributed by atoms with van der Waals surface area (Å²) < 4.78 is 129. The first-order valence-electron chi connectivity index (χ1n) is 10.3. The molecule has 0 bridgehead atoms. The van der Waals surface area contributed by atoms with E-state index < -0.39 is 53.5 Å². The average Bonchev–Trinajstić information content (AvgIpc) is 2.86. The third kappa shape index (κ3) is 7.03. The average molecular weight is 900 g/mol. The van der Waals surface area contributed by atoms with Crippen molar-refractivity contribution in [3.63, 3.8) is 0 Å². The molecule has 4 aromatic carbocycles. The third-order valence-corrected chi connectivity index (χ3v) is 9.44. The van der Waals surface area contributed by atoms with Gasteiger partial charge in [0.05, 0.1) is 17.9 Å². The Morgan fingerprint density at radius 1 is 0.500 bits per heavy atom. The SMILES string of the molecule is O=S(=O)(Oc1c(Br)ccc2c(OS(=O)(=O)C(F)(F)F)c(Br)ccc12)C(F)(F)F.Oc1c(Br)ccc2c(O)c(Br)ccc12. The lowest BCUT2D eigenvalue weighted by Gasteiger charge is -2.16. The molecular formula is C22H10Br4F6O8S2. The van der Waals surface area contributed by atoms with Crippen molar-refractivity contribution < 1.29 is 61.8 Å². The second-order valence-corrected chi connectivity index (χ2v) is 14.2. The molecule has 20 heteroatoms.